The van der Waals surface area contributed by atoms with Crippen molar-refractivity contribution >= 4 is 11.6 Å². The smallest absolute Gasteiger partial charge is 0.248 e. The van der Waals surface area contributed by atoms with Crippen molar-refractivity contribution in [3.8, 4) is 0 Å². The quantitative estimate of drug-likeness (QED) is 0.780. The minimum absolute atomic E-state index is 0.366. The van der Waals surface area contributed by atoms with Gasteiger partial charge in [0, 0.05) is 16.8 Å². The summed E-state index contributed by atoms with van der Waals surface area (Å²) in [6, 6.07) is 5.10. The molecule has 0 unspecified atom stereocenters. The van der Waals surface area contributed by atoms with Crippen LogP contribution in [0.1, 0.15) is 41.6 Å². The fourth-order valence-electron chi connectivity index (χ4n) is 2.14. The minimum Gasteiger partial charge on any atom is -0.398 e. The summed E-state index contributed by atoms with van der Waals surface area (Å²) in [4.78, 5) is 11.0. The topological polar surface area (TPSA) is 78.3 Å². The van der Waals surface area contributed by atoms with E-state index in [9.17, 15) is 4.79 Å². The fraction of sp³-hybridized carbons (Fsp3) is 0.462. The third kappa shape index (κ3) is 2.97. The van der Waals surface area contributed by atoms with E-state index in [1.54, 1.807) is 12.1 Å². The van der Waals surface area contributed by atoms with E-state index < -0.39 is 5.91 Å². The first-order chi connectivity index (χ1) is 8.16. The molecule has 1 aromatic rings. The molecule has 0 atom stereocenters. The number of amides is 1. The first-order valence-electron chi connectivity index (χ1n) is 5.96. The van der Waals surface area contributed by atoms with Crippen LogP contribution < -0.4 is 11.5 Å². The lowest BCUT2D eigenvalue weighted by atomic mass is 10.1. The molecule has 0 radical (unpaired) electrons. The zero-order valence-corrected chi connectivity index (χ0v) is 9.82. The van der Waals surface area contributed by atoms with Crippen LogP contribution in [0.15, 0.2) is 18.2 Å². The number of nitrogen functional groups attached to an aromatic ring is 1. The molecule has 0 aromatic heterocycles. The molecule has 1 amide bonds. The Balaban J connectivity index is 1.98. The molecule has 1 aliphatic carbocycles. The number of anilines is 1. The molecule has 0 bridgehead atoms. The molecule has 92 valence electrons. The van der Waals surface area contributed by atoms with E-state index in [4.69, 9.17) is 16.2 Å². The highest BCUT2D eigenvalue weighted by Crippen LogP contribution is 2.23. The van der Waals surface area contributed by atoms with Gasteiger partial charge in [-0.1, -0.05) is 18.9 Å². The monoisotopic (exact) mass is 234 g/mol. The van der Waals surface area contributed by atoms with Crippen molar-refractivity contribution < 1.29 is 9.53 Å². The van der Waals surface area contributed by atoms with Gasteiger partial charge in [-0.15, -0.1) is 0 Å². The number of rotatable bonds is 4. The van der Waals surface area contributed by atoms with E-state index in [-0.39, 0.29) is 0 Å². The van der Waals surface area contributed by atoms with Gasteiger partial charge in [0.15, 0.2) is 0 Å². The highest BCUT2D eigenvalue weighted by atomic mass is 16.5. The van der Waals surface area contributed by atoms with Crippen LogP contribution in [-0.2, 0) is 11.3 Å². The van der Waals surface area contributed by atoms with Crippen LogP contribution in [0.5, 0.6) is 0 Å². The molecule has 4 N–H and O–H groups in total. The first-order valence-corrected chi connectivity index (χ1v) is 5.96. The van der Waals surface area contributed by atoms with Gasteiger partial charge in [0.2, 0.25) is 5.91 Å². The van der Waals surface area contributed by atoms with Crippen LogP contribution >= 0.6 is 0 Å². The summed E-state index contributed by atoms with van der Waals surface area (Å²) < 4.78 is 5.77. The Morgan fingerprint density at radius 2 is 2.06 bits per heavy atom. The zero-order chi connectivity index (χ0) is 12.3. The van der Waals surface area contributed by atoms with Gasteiger partial charge < -0.3 is 16.2 Å². The maximum atomic E-state index is 11.0. The molecule has 2 rings (SSSR count). The lowest BCUT2D eigenvalue weighted by Gasteiger charge is -2.12. The minimum atomic E-state index is -0.458. The zero-order valence-electron chi connectivity index (χ0n) is 9.82. The Bertz CT molecular complexity index is 412. The Hall–Kier alpha value is -1.55. The molecule has 0 aliphatic heterocycles. The van der Waals surface area contributed by atoms with Gasteiger partial charge in [-0.05, 0) is 25.0 Å². The lowest BCUT2D eigenvalue weighted by molar-refractivity contribution is 0.0460. The van der Waals surface area contributed by atoms with Crippen molar-refractivity contribution in [2.75, 3.05) is 5.73 Å². The molecular weight excluding hydrogens is 216 g/mol. The number of primary amides is 1. The van der Waals surface area contributed by atoms with Crippen molar-refractivity contribution in [2.45, 2.75) is 38.4 Å². The second kappa shape index (κ2) is 5.19. The highest BCUT2D eigenvalue weighted by molar-refractivity contribution is 5.93. The molecule has 0 saturated heterocycles. The predicted octanol–water partition coefficient (Wildman–Crippen LogP) is 1.83. The molecule has 1 aromatic carbocycles. The molecule has 4 heteroatoms. The molecule has 1 aliphatic rings. The second-order valence-corrected chi connectivity index (χ2v) is 4.50. The fourth-order valence-corrected chi connectivity index (χ4v) is 2.14. The van der Waals surface area contributed by atoms with Gasteiger partial charge in [-0.3, -0.25) is 4.79 Å². The van der Waals surface area contributed by atoms with Crippen LogP contribution in [0.3, 0.4) is 0 Å². The summed E-state index contributed by atoms with van der Waals surface area (Å²) in [5.74, 6) is -0.458. The normalized spacial score (nSPS) is 16.2. The highest BCUT2D eigenvalue weighted by Gasteiger charge is 2.15. The summed E-state index contributed by atoms with van der Waals surface area (Å²) in [5.41, 5.74) is 13.0. The number of nitrogens with two attached hydrogens (primary N) is 2. The Morgan fingerprint density at radius 3 is 2.65 bits per heavy atom. The van der Waals surface area contributed by atoms with Gasteiger partial charge in [0.1, 0.15) is 0 Å². The van der Waals surface area contributed by atoms with E-state index in [1.807, 2.05) is 6.07 Å². The maximum Gasteiger partial charge on any atom is 0.248 e. The molecule has 1 fully saturated rings. The Kier molecular flexibility index (Phi) is 3.64. The summed E-state index contributed by atoms with van der Waals surface area (Å²) in [7, 11) is 0. The van der Waals surface area contributed by atoms with E-state index in [1.165, 1.54) is 12.8 Å². The first kappa shape index (κ1) is 11.9. The van der Waals surface area contributed by atoms with Crippen molar-refractivity contribution in [3.05, 3.63) is 29.3 Å². The van der Waals surface area contributed by atoms with Crippen LogP contribution in [0, 0.1) is 0 Å². The summed E-state index contributed by atoms with van der Waals surface area (Å²) in [6.07, 6.45) is 5.14. The number of carbonyl (C=O) groups is 1. The van der Waals surface area contributed by atoms with Crippen LogP contribution in [0.4, 0.5) is 5.69 Å². The second-order valence-electron chi connectivity index (χ2n) is 4.50. The largest absolute Gasteiger partial charge is 0.398 e. The number of ether oxygens (including phenoxy) is 1. The van der Waals surface area contributed by atoms with E-state index in [0.29, 0.717) is 24.0 Å². The van der Waals surface area contributed by atoms with Gasteiger partial charge in [-0.2, -0.15) is 0 Å². The third-order valence-corrected chi connectivity index (χ3v) is 3.21. The molecular formula is C13H18N2O2. The summed E-state index contributed by atoms with van der Waals surface area (Å²) in [6.45, 7) is 0.509. The molecule has 17 heavy (non-hydrogen) atoms. The Morgan fingerprint density at radius 1 is 1.35 bits per heavy atom. The number of hydrogen-bond donors (Lipinski definition) is 2. The molecule has 1 saturated carbocycles. The summed E-state index contributed by atoms with van der Waals surface area (Å²) >= 11 is 0. The van der Waals surface area contributed by atoms with Gasteiger partial charge in [0.05, 0.1) is 12.7 Å². The van der Waals surface area contributed by atoms with Crippen molar-refractivity contribution in [2.24, 2.45) is 5.73 Å². The van der Waals surface area contributed by atoms with Crippen LogP contribution in [0.2, 0.25) is 0 Å². The van der Waals surface area contributed by atoms with Crippen LogP contribution in [0.25, 0.3) is 0 Å². The average molecular weight is 234 g/mol. The van der Waals surface area contributed by atoms with Crippen LogP contribution in [-0.4, -0.2) is 12.0 Å². The number of carbonyl (C=O) groups excluding carboxylic acids is 1. The molecule has 4 nitrogen and oxygen atoms in total. The summed E-state index contributed by atoms with van der Waals surface area (Å²) in [5, 5.41) is 0. The Labute approximate surface area is 101 Å². The van der Waals surface area contributed by atoms with E-state index >= 15 is 0 Å². The molecule has 0 spiro atoms. The van der Waals surface area contributed by atoms with Crippen molar-refractivity contribution in [3.63, 3.8) is 0 Å². The van der Waals surface area contributed by atoms with Crippen molar-refractivity contribution in [1.82, 2.24) is 0 Å². The SMILES string of the molecule is NC(=O)c1ccc(COC2CCCC2)c(N)c1. The van der Waals surface area contributed by atoms with E-state index in [0.717, 1.165) is 18.4 Å². The maximum absolute atomic E-state index is 11.0. The van der Waals surface area contributed by atoms with Gasteiger partial charge in [-0.25, -0.2) is 0 Å². The third-order valence-electron chi connectivity index (χ3n) is 3.21. The average Bonchev–Trinajstić information content (AvgIpc) is 2.80. The lowest BCUT2D eigenvalue weighted by Crippen LogP contribution is -2.12. The number of benzene rings is 1. The van der Waals surface area contributed by atoms with Crippen molar-refractivity contribution in [1.29, 1.82) is 0 Å². The standard InChI is InChI=1S/C13H18N2O2/c14-12-7-9(13(15)16)5-6-10(12)8-17-11-3-1-2-4-11/h5-7,11H,1-4,8,14H2,(H2,15,16). The predicted molar refractivity (Wildman–Crippen MR) is 66.4 cm³/mol. The number of hydrogen-bond acceptors (Lipinski definition) is 3. The molecule has 0 heterocycles. The van der Waals surface area contributed by atoms with Gasteiger partial charge >= 0.3 is 0 Å². The van der Waals surface area contributed by atoms with E-state index in [2.05, 4.69) is 0 Å². The van der Waals surface area contributed by atoms with Gasteiger partial charge in [0.25, 0.3) is 0 Å².